The Balaban J connectivity index is 2.10. The molecular weight excluding hydrogens is 266 g/mol. The average Bonchev–Trinajstić information content (AvgIpc) is 2.90. The van der Waals surface area contributed by atoms with Gasteiger partial charge in [-0.3, -0.25) is 0 Å². The Hall–Kier alpha value is -1.32. The van der Waals surface area contributed by atoms with E-state index in [0.717, 1.165) is 25.1 Å². The molecule has 1 N–H and O–H groups in total. The van der Waals surface area contributed by atoms with Crippen molar-refractivity contribution in [3.05, 3.63) is 51.7 Å². The van der Waals surface area contributed by atoms with Crippen molar-refractivity contribution in [3.63, 3.8) is 0 Å². The lowest BCUT2D eigenvalue weighted by molar-refractivity contribution is 0.414. The number of aryl methyl sites for hydroxylation is 1. The first-order valence-electron chi connectivity index (χ1n) is 7.15. The highest BCUT2D eigenvalue weighted by atomic mass is 32.1. The third kappa shape index (κ3) is 4.09. The van der Waals surface area contributed by atoms with Gasteiger partial charge in [-0.2, -0.15) is 0 Å². The number of ether oxygens (including phenoxy) is 1. The van der Waals surface area contributed by atoms with E-state index in [-0.39, 0.29) is 0 Å². The lowest BCUT2D eigenvalue weighted by Gasteiger charge is -2.17. The molecule has 0 radical (unpaired) electrons. The Kier molecular flexibility index (Phi) is 5.62. The van der Waals surface area contributed by atoms with Crippen molar-refractivity contribution < 1.29 is 4.74 Å². The summed E-state index contributed by atoms with van der Waals surface area (Å²) in [7, 11) is 1.70. The van der Waals surface area contributed by atoms with Crippen molar-refractivity contribution >= 4 is 11.3 Å². The predicted octanol–water partition coefficient (Wildman–Crippen LogP) is 4.35. The van der Waals surface area contributed by atoms with E-state index in [4.69, 9.17) is 4.74 Å². The van der Waals surface area contributed by atoms with Gasteiger partial charge >= 0.3 is 0 Å². The largest absolute Gasteiger partial charge is 0.497 e. The van der Waals surface area contributed by atoms with Gasteiger partial charge < -0.3 is 10.1 Å². The second kappa shape index (κ2) is 7.46. The number of hydrogen-bond donors (Lipinski definition) is 1. The van der Waals surface area contributed by atoms with Gasteiger partial charge in [0, 0.05) is 15.8 Å². The van der Waals surface area contributed by atoms with Crippen LogP contribution in [0.15, 0.2) is 36.4 Å². The summed E-state index contributed by atoms with van der Waals surface area (Å²) in [5.41, 5.74) is 1.34. The maximum absolute atomic E-state index is 5.21. The van der Waals surface area contributed by atoms with Gasteiger partial charge in [-0.1, -0.05) is 19.1 Å². The van der Waals surface area contributed by atoms with Gasteiger partial charge in [0.05, 0.1) is 7.11 Å². The fourth-order valence-electron chi connectivity index (χ4n) is 2.23. The summed E-state index contributed by atoms with van der Waals surface area (Å²) in [5.74, 6) is 0.916. The van der Waals surface area contributed by atoms with Crippen LogP contribution in [0.2, 0.25) is 0 Å². The number of hydrogen-bond acceptors (Lipinski definition) is 3. The zero-order chi connectivity index (χ0) is 14.4. The molecule has 1 heterocycles. The summed E-state index contributed by atoms with van der Waals surface area (Å²) in [6, 6.07) is 13.2. The van der Waals surface area contributed by atoms with Crippen molar-refractivity contribution in [1.29, 1.82) is 0 Å². The van der Waals surface area contributed by atoms with Crippen LogP contribution in [-0.2, 0) is 6.42 Å². The van der Waals surface area contributed by atoms with E-state index in [1.165, 1.54) is 15.3 Å². The lowest BCUT2D eigenvalue weighted by Crippen LogP contribution is -2.23. The highest BCUT2D eigenvalue weighted by Gasteiger charge is 2.13. The van der Waals surface area contributed by atoms with E-state index in [9.17, 15) is 0 Å². The Morgan fingerprint density at radius 2 is 1.90 bits per heavy atom. The summed E-state index contributed by atoms with van der Waals surface area (Å²) >= 11 is 1.89. The van der Waals surface area contributed by atoms with Gasteiger partial charge in [-0.25, -0.2) is 0 Å². The van der Waals surface area contributed by atoms with E-state index in [2.05, 4.69) is 43.4 Å². The lowest BCUT2D eigenvalue weighted by atomic mass is 10.0. The monoisotopic (exact) mass is 289 g/mol. The topological polar surface area (TPSA) is 21.3 Å². The van der Waals surface area contributed by atoms with E-state index in [1.54, 1.807) is 7.11 Å². The Bertz CT molecular complexity index is 518. The van der Waals surface area contributed by atoms with Gasteiger partial charge in [-0.15, -0.1) is 11.3 Å². The van der Waals surface area contributed by atoms with Crippen LogP contribution >= 0.6 is 11.3 Å². The highest BCUT2D eigenvalue weighted by molar-refractivity contribution is 7.12. The molecule has 0 saturated carbocycles. The second-order valence-corrected chi connectivity index (χ2v) is 6.33. The molecule has 0 aliphatic carbocycles. The molecule has 0 amide bonds. The highest BCUT2D eigenvalue weighted by Crippen LogP contribution is 2.26. The van der Waals surface area contributed by atoms with Gasteiger partial charge in [-0.05, 0) is 56.1 Å². The average molecular weight is 289 g/mol. The summed E-state index contributed by atoms with van der Waals surface area (Å²) in [6.45, 7) is 5.42. The van der Waals surface area contributed by atoms with Crippen LogP contribution in [0.5, 0.6) is 5.75 Å². The smallest absolute Gasteiger partial charge is 0.118 e. The fraction of sp³-hybridized carbons (Fsp3) is 0.412. The molecule has 0 spiro atoms. The van der Waals surface area contributed by atoms with Crippen LogP contribution in [0.3, 0.4) is 0 Å². The van der Waals surface area contributed by atoms with Crippen LogP contribution in [0.25, 0.3) is 0 Å². The molecule has 20 heavy (non-hydrogen) atoms. The fourth-order valence-corrected chi connectivity index (χ4v) is 3.18. The molecule has 1 aromatic heterocycles. The number of thiophene rings is 1. The Morgan fingerprint density at radius 1 is 1.15 bits per heavy atom. The number of nitrogens with one attached hydrogen (secondary N) is 1. The Labute approximate surface area is 125 Å². The molecule has 2 nitrogen and oxygen atoms in total. The first-order chi connectivity index (χ1) is 9.72. The van der Waals surface area contributed by atoms with Crippen molar-refractivity contribution in [2.45, 2.75) is 32.7 Å². The number of benzene rings is 1. The SMILES string of the molecule is CCCNC(Cc1ccc(OC)cc1)c1ccc(C)s1. The maximum Gasteiger partial charge on any atom is 0.118 e. The van der Waals surface area contributed by atoms with Crippen LogP contribution in [0.1, 0.15) is 34.7 Å². The van der Waals surface area contributed by atoms with E-state index < -0.39 is 0 Å². The zero-order valence-electron chi connectivity index (χ0n) is 12.5. The second-order valence-electron chi connectivity index (χ2n) is 5.01. The number of rotatable bonds is 7. The van der Waals surface area contributed by atoms with Gasteiger partial charge in [0.2, 0.25) is 0 Å². The first kappa shape index (κ1) is 15.1. The summed E-state index contributed by atoms with van der Waals surface area (Å²) < 4.78 is 5.21. The quantitative estimate of drug-likeness (QED) is 0.818. The summed E-state index contributed by atoms with van der Waals surface area (Å²) in [5, 5.41) is 3.66. The van der Waals surface area contributed by atoms with Crippen molar-refractivity contribution in [2.24, 2.45) is 0 Å². The zero-order valence-corrected chi connectivity index (χ0v) is 13.3. The molecule has 2 aromatic rings. The third-order valence-corrected chi connectivity index (χ3v) is 4.46. The standard InChI is InChI=1S/C17H23NOS/c1-4-11-18-16(17-10-5-13(2)20-17)12-14-6-8-15(19-3)9-7-14/h5-10,16,18H,4,11-12H2,1-3H3. The van der Waals surface area contributed by atoms with Crippen LogP contribution < -0.4 is 10.1 Å². The minimum atomic E-state index is 0.405. The molecule has 0 saturated heterocycles. The van der Waals surface area contributed by atoms with Crippen LogP contribution in [0, 0.1) is 6.92 Å². The molecule has 0 bridgehead atoms. The molecule has 0 aliphatic heterocycles. The molecular formula is C17H23NOS. The van der Waals surface area contributed by atoms with Crippen LogP contribution in [-0.4, -0.2) is 13.7 Å². The minimum Gasteiger partial charge on any atom is -0.497 e. The van der Waals surface area contributed by atoms with Crippen molar-refractivity contribution in [3.8, 4) is 5.75 Å². The number of methoxy groups -OCH3 is 1. The van der Waals surface area contributed by atoms with Gasteiger partial charge in [0.15, 0.2) is 0 Å². The molecule has 0 aliphatic rings. The molecule has 1 aromatic carbocycles. The van der Waals surface area contributed by atoms with Crippen molar-refractivity contribution in [2.75, 3.05) is 13.7 Å². The normalized spacial score (nSPS) is 12.3. The maximum atomic E-state index is 5.21. The molecule has 1 atom stereocenters. The molecule has 1 unspecified atom stereocenters. The predicted molar refractivity (Wildman–Crippen MR) is 86.8 cm³/mol. The van der Waals surface area contributed by atoms with E-state index >= 15 is 0 Å². The van der Waals surface area contributed by atoms with Gasteiger partial charge in [0.1, 0.15) is 5.75 Å². The summed E-state index contributed by atoms with van der Waals surface area (Å²) in [4.78, 5) is 2.80. The first-order valence-corrected chi connectivity index (χ1v) is 7.97. The third-order valence-electron chi connectivity index (χ3n) is 3.34. The van der Waals surface area contributed by atoms with E-state index in [1.807, 2.05) is 23.5 Å². The molecule has 3 heteroatoms. The molecule has 0 fully saturated rings. The summed E-state index contributed by atoms with van der Waals surface area (Å²) in [6.07, 6.45) is 2.17. The van der Waals surface area contributed by atoms with Gasteiger partial charge in [0.25, 0.3) is 0 Å². The van der Waals surface area contributed by atoms with Crippen LogP contribution in [0.4, 0.5) is 0 Å². The Morgan fingerprint density at radius 3 is 2.45 bits per heavy atom. The molecule has 108 valence electrons. The van der Waals surface area contributed by atoms with Crippen molar-refractivity contribution in [1.82, 2.24) is 5.32 Å². The minimum absolute atomic E-state index is 0.405. The molecule has 2 rings (SSSR count). The van der Waals surface area contributed by atoms with E-state index in [0.29, 0.717) is 6.04 Å².